The van der Waals surface area contributed by atoms with E-state index >= 15 is 0 Å². The van der Waals surface area contributed by atoms with Crippen LogP contribution >= 0.6 is 24.8 Å². The van der Waals surface area contributed by atoms with Gasteiger partial charge in [0.1, 0.15) is 0 Å². The van der Waals surface area contributed by atoms with Crippen LogP contribution in [0.15, 0.2) is 61.1 Å². The van der Waals surface area contributed by atoms with Crippen LogP contribution in [0.1, 0.15) is 24.8 Å². The van der Waals surface area contributed by atoms with Crippen LogP contribution in [0.4, 0.5) is 0 Å². The highest BCUT2D eigenvalue weighted by Gasteiger charge is 2.48. The molecular weight excluding hydrogens is 433 g/mol. The molecule has 0 spiro atoms. The minimum absolute atomic E-state index is 0. The molecule has 8 heteroatoms. The number of nitrogens with one attached hydrogen (secondary N) is 1. The quantitative estimate of drug-likeness (QED) is 0.607. The number of benzene rings is 1. The lowest BCUT2D eigenvalue weighted by Gasteiger charge is -2.27. The third kappa shape index (κ3) is 4.47. The van der Waals surface area contributed by atoms with Gasteiger partial charge in [-0.15, -0.1) is 24.8 Å². The van der Waals surface area contributed by atoms with E-state index < -0.39 is 0 Å². The first-order chi connectivity index (χ1) is 14.2. The molecule has 4 unspecified atom stereocenters. The van der Waals surface area contributed by atoms with Crippen LogP contribution in [0.5, 0.6) is 0 Å². The topological polar surface area (TPSA) is 85.8 Å². The van der Waals surface area contributed by atoms with E-state index in [9.17, 15) is 4.79 Å². The molecule has 1 aromatic carbocycles. The van der Waals surface area contributed by atoms with Gasteiger partial charge in [-0.2, -0.15) is 5.10 Å². The van der Waals surface area contributed by atoms with Gasteiger partial charge in [-0.1, -0.05) is 18.2 Å². The molecule has 2 fully saturated rings. The number of aromatic nitrogens is 3. The number of nitrogens with two attached hydrogens (primary N) is 1. The highest BCUT2D eigenvalue weighted by molar-refractivity contribution is 5.85. The Morgan fingerprint density at radius 1 is 1.06 bits per heavy atom. The van der Waals surface area contributed by atoms with Gasteiger partial charge in [0.25, 0.3) is 0 Å². The molecule has 0 radical (unpaired) electrons. The largest absolute Gasteiger partial charge is 0.352 e. The molecule has 31 heavy (non-hydrogen) atoms. The second-order valence-electron chi connectivity index (χ2n) is 8.17. The first kappa shape index (κ1) is 23.3. The zero-order chi connectivity index (χ0) is 19.8. The number of hydrogen-bond acceptors (Lipinski definition) is 4. The smallest absolute Gasteiger partial charge is 0.225 e. The number of para-hydroxylation sites is 1. The Hall–Kier alpha value is -2.41. The van der Waals surface area contributed by atoms with Gasteiger partial charge in [0.05, 0.1) is 17.3 Å². The SMILES string of the molecule is Cl.Cl.NC1C2CCC(C2)C1C(=O)NCc1cn(-c2ccccc2)nc1-c1ccncc1. The normalized spacial score (nSPS) is 23.6. The minimum atomic E-state index is -0.0534. The molecule has 2 saturated carbocycles. The van der Waals surface area contributed by atoms with Gasteiger partial charge in [0.2, 0.25) is 5.91 Å². The van der Waals surface area contributed by atoms with E-state index in [1.54, 1.807) is 12.4 Å². The van der Waals surface area contributed by atoms with Gasteiger partial charge in [-0.25, -0.2) is 4.68 Å². The van der Waals surface area contributed by atoms with E-state index in [4.69, 9.17) is 10.8 Å². The van der Waals surface area contributed by atoms with Crippen LogP contribution in [-0.2, 0) is 11.3 Å². The second kappa shape index (κ2) is 9.81. The van der Waals surface area contributed by atoms with Crippen molar-refractivity contribution >= 4 is 30.7 Å². The Labute approximate surface area is 194 Å². The van der Waals surface area contributed by atoms with E-state index in [1.165, 1.54) is 6.42 Å². The summed E-state index contributed by atoms with van der Waals surface area (Å²) in [5.41, 5.74) is 10.1. The monoisotopic (exact) mass is 459 g/mol. The third-order valence-electron chi connectivity index (χ3n) is 6.50. The zero-order valence-corrected chi connectivity index (χ0v) is 18.7. The van der Waals surface area contributed by atoms with Crippen molar-refractivity contribution in [2.75, 3.05) is 0 Å². The van der Waals surface area contributed by atoms with Crippen molar-refractivity contribution in [1.82, 2.24) is 20.1 Å². The number of nitrogens with zero attached hydrogens (tertiary/aromatic N) is 3. The van der Waals surface area contributed by atoms with E-state index in [0.717, 1.165) is 35.3 Å². The molecular formula is C23H27Cl2N5O. The summed E-state index contributed by atoms with van der Waals surface area (Å²) in [5.74, 6) is 0.991. The van der Waals surface area contributed by atoms with Gasteiger partial charge in [0, 0.05) is 42.3 Å². The van der Waals surface area contributed by atoms with Crippen LogP contribution in [0.3, 0.4) is 0 Å². The molecule has 4 atom stereocenters. The molecule has 2 bridgehead atoms. The van der Waals surface area contributed by atoms with Crippen LogP contribution < -0.4 is 11.1 Å². The third-order valence-corrected chi connectivity index (χ3v) is 6.50. The molecule has 2 aliphatic rings. The molecule has 5 rings (SSSR count). The molecule has 2 aliphatic carbocycles. The Kier molecular flexibility index (Phi) is 7.36. The molecule has 3 N–H and O–H groups in total. The highest BCUT2D eigenvalue weighted by Crippen LogP contribution is 2.47. The molecule has 1 amide bonds. The summed E-state index contributed by atoms with van der Waals surface area (Å²) in [7, 11) is 0. The Morgan fingerprint density at radius 3 is 2.45 bits per heavy atom. The van der Waals surface area contributed by atoms with Crippen molar-refractivity contribution in [3.8, 4) is 16.9 Å². The standard InChI is InChI=1S/C23H25N5O.2ClH/c24-21-17-7-6-16(12-17)20(21)23(29)26-13-18-14-28(19-4-2-1-3-5-19)27-22(18)15-8-10-25-11-9-15;;/h1-5,8-11,14,16-17,20-21H,6-7,12-13,24H2,(H,26,29);2*1H. The lowest BCUT2D eigenvalue weighted by Crippen LogP contribution is -2.45. The number of fused-ring (bicyclic) bond motifs is 2. The average molecular weight is 460 g/mol. The number of pyridine rings is 1. The first-order valence-electron chi connectivity index (χ1n) is 10.3. The molecule has 164 valence electrons. The summed E-state index contributed by atoms with van der Waals surface area (Å²) in [6.45, 7) is 0.434. The molecule has 0 aliphatic heterocycles. The van der Waals surface area contributed by atoms with Gasteiger partial charge < -0.3 is 11.1 Å². The second-order valence-corrected chi connectivity index (χ2v) is 8.17. The van der Waals surface area contributed by atoms with Crippen molar-refractivity contribution < 1.29 is 4.79 Å². The average Bonchev–Trinajstić information content (AvgIpc) is 3.48. The van der Waals surface area contributed by atoms with E-state index in [0.29, 0.717) is 18.4 Å². The van der Waals surface area contributed by atoms with Crippen LogP contribution in [0.2, 0.25) is 0 Å². The van der Waals surface area contributed by atoms with Gasteiger partial charge >= 0.3 is 0 Å². The summed E-state index contributed by atoms with van der Waals surface area (Å²) in [5, 5.41) is 7.94. The van der Waals surface area contributed by atoms with Crippen LogP contribution in [-0.4, -0.2) is 26.7 Å². The zero-order valence-electron chi connectivity index (χ0n) is 17.1. The maximum absolute atomic E-state index is 12.9. The highest BCUT2D eigenvalue weighted by atomic mass is 35.5. The first-order valence-corrected chi connectivity index (χ1v) is 10.3. The Bertz CT molecular complexity index is 1010. The summed E-state index contributed by atoms with van der Waals surface area (Å²) in [6.07, 6.45) is 8.91. The van der Waals surface area contributed by atoms with E-state index in [1.807, 2.05) is 53.3 Å². The molecule has 6 nitrogen and oxygen atoms in total. The number of rotatable bonds is 5. The van der Waals surface area contributed by atoms with E-state index in [-0.39, 0.29) is 42.7 Å². The number of carbonyl (C=O) groups excluding carboxylic acids is 1. The fourth-order valence-corrected chi connectivity index (χ4v) is 5.03. The maximum atomic E-state index is 12.9. The summed E-state index contributed by atoms with van der Waals surface area (Å²) < 4.78 is 1.86. The Morgan fingerprint density at radius 2 is 1.77 bits per heavy atom. The lowest BCUT2D eigenvalue weighted by molar-refractivity contribution is -0.127. The fraction of sp³-hybridized carbons (Fsp3) is 0.348. The number of halogens is 2. The molecule has 0 saturated heterocycles. The number of carbonyl (C=O) groups is 1. The predicted octanol–water partition coefficient (Wildman–Crippen LogP) is 3.77. The number of amides is 1. The van der Waals surface area contributed by atoms with Crippen molar-refractivity contribution in [1.29, 1.82) is 0 Å². The Balaban J connectivity index is 0.00000136. The molecule has 3 aromatic rings. The van der Waals surface area contributed by atoms with Gasteiger partial charge in [-0.3, -0.25) is 9.78 Å². The fourth-order valence-electron chi connectivity index (χ4n) is 5.03. The summed E-state index contributed by atoms with van der Waals surface area (Å²) in [4.78, 5) is 17.0. The van der Waals surface area contributed by atoms with Gasteiger partial charge in [0.15, 0.2) is 0 Å². The number of hydrogen-bond donors (Lipinski definition) is 2. The van der Waals surface area contributed by atoms with Gasteiger partial charge in [-0.05, 0) is 55.4 Å². The maximum Gasteiger partial charge on any atom is 0.225 e. The lowest BCUT2D eigenvalue weighted by atomic mass is 9.84. The summed E-state index contributed by atoms with van der Waals surface area (Å²) >= 11 is 0. The molecule has 2 aromatic heterocycles. The van der Waals surface area contributed by atoms with E-state index in [2.05, 4.69) is 10.3 Å². The van der Waals surface area contributed by atoms with Crippen LogP contribution in [0, 0.1) is 17.8 Å². The van der Waals surface area contributed by atoms with Crippen molar-refractivity contribution in [3.63, 3.8) is 0 Å². The molecule has 2 heterocycles. The van der Waals surface area contributed by atoms with Crippen molar-refractivity contribution in [2.24, 2.45) is 23.5 Å². The van der Waals surface area contributed by atoms with Crippen molar-refractivity contribution in [2.45, 2.75) is 31.8 Å². The minimum Gasteiger partial charge on any atom is -0.352 e. The summed E-state index contributed by atoms with van der Waals surface area (Å²) in [6, 6.07) is 13.9. The van der Waals surface area contributed by atoms with Crippen molar-refractivity contribution in [3.05, 3.63) is 66.6 Å². The predicted molar refractivity (Wildman–Crippen MR) is 125 cm³/mol. The van der Waals surface area contributed by atoms with Crippen LogP contribution in [0.25, 0.3) is 16.9 Å².